The Balaban J connectivity index is 2.34. The number of carbonyl (C=O) groups excluding carboxylic acids is 2. The molecule has 4 heteroatoms. The lowest BCUT2D eigenvalue weighted by Crippen LogP contribution is -2.19. The minimum atomic E-state index is -0.643. The second-order valence-corrected chi connectivity index (χ2v) is 4.20. The van der Waals surface area contributed by atoms with Crippen molar-refractivity contribution in [2.24, 2.45) is 0 Å². The molecule has 20 heavy (non-hydrogen) atoms. The second kappa shape index (κ2) is 4.53. The Labute approximate surface area is 114 Å². The largest absolute Gasteiger partial charge is 0.386 e. The van der Waals surface area contributed by atoms with E-state index in [1.54, 1.807) is 30.3 Å². The molecule has 0 saturated heterocycles. The van der Waals surface area contributed by atoms with E-state index < -0.39 is 11.9 Å². The highest BCUT2D eigenvalue weighted by Gasteiger charge is 2.27. The summed E-state index contributed by atoms with van der Waals surface area (Å²) in [6.45, 7) is 0. The highest BCUT2D eigenvalue weighted by molar-refractivity contribution is 6.21. The lowest BCUT2D eigenvalue weighted by Gasteiger charge is -2.15. The predicted molar refractivity (Wildman–Crippen MR) is 70.8 cm³/mol. The molecule has 0 spiro atoms. The van der Waals surface area contributed by atoms with Gasteiger partial charge in [0.2, 0.25) is 0 Å². The molecule has 1 heterocycles. The minimum Gasteiger partial charge on any atom is -0.386 e. The monoisotopic (exact) mass is 261 g/mol. The molecule has 1 aliphatic rings. The molecule has 0 aromatic heterocycles. The molecule has 0 amide bonds. The standard InChI is InChI=1S/C16H7NO3/c17-9-2-1-4-10-7-8-13-14-11(10)5-3-6-12(14)15(18)20-16(13)19/h3,5-8H,2H2. The van der Waals surface area contributed by atoms with Gasteiger partial charge in [-0.25, -0.2) is 9.59 Å². The molecule has 0 unspecified atom stereocenters. The van der Waals surface area contributed by atoms with Crippen molar-refractivity contribution in [2.75, 3.05) is 0 Å². The number of ether oxygens (including phenoxy) is 1. The van der Waals surface area contributed by atoms with Gasteiger partial charge in [0, 0.05) is 10.9 Å². The van der Waals surface area contributed by atoms with Crippen LogP contribution >= 0.6 is 0 Å². The van der Waals surface area contributed by atoms with Gasteiger partial charge >= 0.3 is 11.9 Å². The number of cyclic esters (lactones) is 2. The van der Waals surface area contributed by atoms with E-state index in [-0.39, 0.29) is 6.42 Å². The zero-order valence-corrected chi connectivity index (χ0v) is 10.3. The molecule has 3 rings (SSSR count). The highest BCUT2D eigenvalue weighted by atomic mass is 16.6. The van der Waals surface area contributed by atoms with Gasteiger partial charge in [-0.15, -0.1) is 0 Å². The number of rotatable bonds is 0. The molecule has 0 atom stereocenters. The van der Waals surface area contributed by atoms with Crippen LogP contribution in [-0.2, 0) is 4.74 Å². The van der Waals surface area contributed by atoms with Crippen LogP contribution in [0.4, 0.5) is 0 Å². The van der Waals surface area contributed by atoms with E-state index in [4.69, 9.17) is 5.26 Å². The summed E-state index contributed by atoms with van der Waals surface area (Å²) in [4.78, 5) is 23.5. The van der Waals surface area contributed by atoms with Gasteiger partial charge in [0.25, 0.3) is 0 Å². The Morgan fingerprint density at radius 3 is 2.55 bits per heavy atom. The van der Waals surface area contributed by atoms with Gasteiger partial charge in [0.15, 0.2) is 0 Å². The van der Waals surface area contributed by atoms with E-state index in [2.05, 4.69) is 16.6 Å². The van der Waals surface area contributed by atoms with E-state index in [0.29, 0.717) is 22.1 Å². The topological polar surface area (TPSA) is 67.2 Å². The van der Waals surface area contributed by atoms with E-state index in [1.807, 2.05) is 6.07 Å². The summed E-state index contributed by atoms with van der Waals surface area (Å²) in [7, 11) is 0. The summed E-state index contributed by atoms with van der Waals surface area (Å²) in [5, 5.41) is 9.79. The summed E-state index contributed by atoms with van der Waals surface area (Å²) in [5.74, 6) is 4.33. The van der Waals surface area contributed by atoms with E-state index in [0.717, 1.165) is 5.39 Å². The zero-order valence-electron chi connectivity index (χ0n) is 10.3. The van der Waals surface area contributed by atoms with Gasteiger partial charge in [-0.05, 0) is 23.6 Å². The van der Waals surface area contributed by atoms with Crippen LogP contribution in [0.15, 0.2) is 30.3 Å². The van der Waals surface area contributed by atoms with Crippen LogP contribution in [0.3, 0.4) is 0 Å². The van der Waals surface area contributed by atoms with Gasteiger partial charge < -0.3 is 4.74 Å². The smallest absolute Gasteiger partial charge is 0.346 e. The third kappa shape index (κ3) is 1.72. The first kappa shape index (κ1) is 12.0. The van der Waals surface area contributed by atoms with E-state index in [1.165, 1.54) is 0 Å². The summed E-state index contributed by atoms with van der Waals surface area (Å²) < 4.78 is 4.68. The molecule has 2 aromatic rings. The van der Waals surface area contributed by atoms with Gasteiger partial charge in [-0.1, -0.05) is 24.0 Å². The van der Waals surface area contributed by atoms with Gasteiger partial charge in [-0.2, -0.15) is 5.26 Å². The fourth-order valence-corrected chi connectivity index (χ4v) is 2.23. The minimum absolute atomic E-state index is 0.129. The summed E-state index contributed by atoms with van der Waals surface area (Å²) in [5.41, 5.74) is 1.41. The maximum Gasteiger partial charge on any atom is 0.346 e. The molecule has 0 radical (unpaired) electrons. The molecule has 4 nitrogen and oxygen atoms in total. The fraction of sp³-hybridized carbons (Fsp3) is 0.0625. The maximum absolute atomic E-state index is 11.7. The molecular weight excluding hydrogens is 254 g/mol. The number of hydrogen-bond acceptors (Lipinski definition) is 4. The van der Waals surface area contributed by atoms with Crippen molar-refractivity contribution < 1.29 is 14.3 Å². The molecule has 0 saturated carbocycles. The fourth-order valence-electron chi connectivity index (χ4n) is 2.23. The normalized spacial score (nSPS) is 12.3. The molecule has 1 aliphatic heterocycles. The Morgan fingerprint density at radius 1 is 1.05 bits per heavy atom. The Morgan fingerprint density at radius 2 is 1.80 bits per heavy atom. The highest BCUT2D eigenvalue weighted by Crippen LogP contribution is 2.30. The van der Waals surface area contributed by atoms with E-state index in [9.17, 15) is 9.59 Å². The molecule has 94 valence electrons. The SMILES string of the molecule is N#CCC#Cc1ccc2c3c(cccc13)C(=O)OC2=O. The number of nitriles is 1. The first-order valence-corrected chi connectivity index (χ1v) is 5.90. The van der Waals surface area contributed by atoms with E-state index >= 15 is 0 Å². The number of nitrogens with zero attached hydrogens (tertiary/aromatic N) is 1. The van der Waals surface area contributed by atoms with Crippen molar-refractivity contribution in [3.63, 3.8) is 0 Å². The molecule has 0 aliphatic carbocycles. The number of carbonyl (C=O) groups is 2. The lowest BCUT2D eigenvalue weighted by atomic mass is 9.94. The first-order chi connectivity index (χ1) is 9.72. The summed E-state index contributed by atoms with van der Waals surface area (Å²) >= 11 is 0. The predicted octanol–water partition coefficient (Wildman–Crippen LogP) is 2.42. The van der Waals surface area contributed by atoms with Crippen LogP contribution in [0.2, 0.25) is 0 Å². The van der Waals surface area contributed by atoms with Crippen LogP contribution in [0.25, 0.3) is 10.8 Å². The number of esters is 2. The third-order valence-electron chi connectivity index (χ3n) is 3.06. The number of hydrogen-bond donors (Lipinski definition) is 0. The number of benzene rings is 2. The van der Waals surface area contributed by atoms with Crippen molar-refractivity contribution in [1.82, 2.24) is 0 Å². The average Bonchev–Trinajstić information content (AvgIpc) is 2.45. The van der Waals surface area contributed by atoms with Gasteiger partial charge in [0.05, 0.1) is 23.6 Å². The second-order valence-electron chi connectivity index (χ2n) is 4.20. The Bertz CT molecular complexity index is 843. The van der Waals surface area contributed by atoms with Crippen molar-refractivity contribution in [1.29, 1.82) is 5.26 Å². The zero-order chi connectivity index (χ0) is 14.1. The van der Waals surface area contributed by atoms with Gasteiger partial charge in [-0.3, -0.25) is 0 Å². The molecular formula is C16H7NO3. The Kier molecular flexibility index (Phi) is 2.71. The van der Waals surface area contributed by atoms with Crippen LogP contribution in [0.5, 0.6) is 0 Å². The lowest BCUT2D eigenvalue weighted by molar-refractivity contribution is 0.0391. The van der Waals surface area contributed by atoms with Crippen LogP contribution < -0.4 is 0 Å². The maximum atomic E-state index is 11.7. The Hall–Kier alpha value is -3.11. The van der Waals surface area contributed by atoms with Crippen molar-refractivity contribution in [2.45, 2.75) is 6.42 Å². The quantitative estimate of drug-likeness (QED) is 0.415. The first-order valence-electron chi connectivity index (χ1n) is 5.90. The van der Waals surface area contributed by atoms with Crippen LogP contribution in [-0.4, -0.2) is 11.9 Å². The third-order valence-corrected chi connectivity index (χ3v) is 3.06. The summed E-state index contributed by atoms with van der Waals surface area (Å²) in [6.07, 6.45) is 0.129. The van der Waals surface area contributed by atoms with Crippen molar-refractivity contribution in [3.8, 4) is 17.9 Å². The van der Waals surface area contributed by atoms with Gasteiger partial charge in [0.1, 0.15) is 0 Å². The average molecular weight is 261 g/mol. The molecule has 0 fully saturated rings. The molecule has 0 bridgehead atoms. The molecule has 0 N–H and O–H groups in total. The molecule has 2 aromatic carbocycles. The van der Waals surface area contributed by atoms with Crippen molar-refractivity contribution >= 4 is 22.7 Å². The van der Waals surface area contributed by atoms with Crippen LogP contribution in [0.1, 0.15) is 32.7 Å². The summed E-state index contributed by atoms with van der Waals surface area (Å²) in [6, 6.07) is 10.4. The van der Waals surface area contributed by atoms with Crippen molar-refractivity contribution in [3.05, 3.63) is 47.0 Å². The van der Waals surface area contributed by atoms with Crippen LogP contribution in [0, 0.1) is 23.2 Å².